The van der Waals surface area contributed by atoms with Crippen molar-refractivity contribution in [3.63, 3.8) is 0 Å². The molecule has 26 heavy (non-hydrogen) atoms. The van der Waals surface area contributed by atoms with Crippen molar-refractivity contribution in [2.75, 3.05) is 6.61 Å². The highest BCUT2D eigenvalue weighted by Gasteiger charge is 2.05. The van der Waals surface area contributed by atoms with Gasteiger partial charge in [-0.1, -0.05) is 90.4 Å². The number of rotatable bonds is 16. The first-order valence-corrected chi connectivity index (χ1v) is 11.7. The quantitative estimate of drug-likeness (QED) is 0.138. The third-order valence-corrected chi connectivity index (χ3v) is 5.53. The van der Waals surface area contributed by atoms with E-state index in [1.54, 1.807) is 0 Å². The minimum absolute atomic E-state index is 0.198. The Labute approximate surface area is 174 Å². The number of hydrogen-bond acceptors (Lipinski definition) is 2. The first-order valence-electron chi connectivity index (χ1n) is 10.7. The molecule has 1 aromatic rings. The minimum atomic E-state index is -0.198. The highest BCUT2D eigenvalue weighted by molar-refractivity contribution is 14.1. The third-order valence-electron chi connectivity index (χ3n) is 4.81. The number of ether oxygens (including phenoxy) is 1. The molecule has 0 atom stereocenters. The molecule has 0 amide bonds. The van der Waals surface area contributed by atoms with E-state index in [9.17, 15) is 4.79 Å². The predicted molar refractivity (Wildman–Crippen MR) is 120 cm³/mol. The molecule has 1 aromatic carbocycles. The molecule has 0 spiro atoms. The highest BCUT2D eigenvalue weighted by Crippen LogP contribution is 2.13. The second-order valence-corrected chi connectivity index (χ2v) is 8.48. The average Bonchev–Trinajstić information content (AvgIpc) is 2.65. The fraction of sp³-hybridized carbons (Fsp3) is 0.696. The van der Waals surface area contributed by atoms with Crippen LogP contribution in [0.3, 0.4) is 0 Å². The molecule has 0 heterocycles. The standard InChI is InChI=1S/C23H37IO2/c1-2-3-4-5-6-7-8-9-10-11-12-13-14-15-20-26-23(25)21-16-18-22(24)19-17-21/h16-19H,2-15,20H2,1H3/i24+4. The maximum Gasteiger partial charge on any atom is 0.338 e. The molecule has 148 valence electrons. The van der Waals surface area contributed by atoms with Gasteiger partial charge in [-0.15, -0.1) is 0 Å². The van der Waals surface area contributed by atoms with Gasteiger partial charge in [-0.3, -0.25) is 0 Å². The van der Waals surface area contributed by atoms with Crippen molar-refractivity contribution in [3.05, 3.63) is 33.4 Å². The van der Waals surface area contributed by atoms with Crippen molar-refractivity contribution in [2.24, 2.45) is 0 Å². The molecule has 0 fully saturated rings. The molecule has 0 unspecified atom stereocenters. The maximum absolute atomic E-state index is 11.9. The van der Waals surface area contributed by atoms with Crippen LogP contribution in [-0.2, 0) is 4.74 Å². The number of carbonyl (C=O) groups is 1. The van der Waals surface area contributed by atoms with E-state index in [0.717, 1.165) is 16.4 Å². The molecule has 0 bridgehead atoms. The normalized spacial score (nSPS) is 10.8. The second-order valence-electron chi connectivity index (χ2n) is 7.24. The summed E-state index contributed by atoms with van der Waals surface area (Å²) in [6.45, 7) is 2.82. The molecule has 2 nitrogen and oxygen atoms in total. The smallest absolute Gasteiger partial charge is 0.338 e. The van der Waals surface area contributed by atoms with Gasteiger partial charge in [-0.05, 0) is 53.3 Å². The number of carbonyl (C=O) groups excluding carboxylic acids is 1. The van der Waals surface area contributed by atoms with Gasteiger partial charge < -0.3 is 4.74 Å². The lowest BCUT2D eigenvalue weighted by Gasteiger charge is -2.05. The van der Waals surface area contributed by atoms with Crippen LogP contribution in [-0.4, -0.2) is 12.6 Å². The molecule has 1 rings (SSSR count). The van der Waals surface area contributed by atoms with E-state index in [-0.39, 0.29) is 5.97 Å². The summed E-state index contributed by atoms with van der Waals surface area (Å²) in [6, 6.07) is 7.53. The highest BCUT2D eigenvalue weighted by atomic mass is 131. The lowest BCUT2D eigenvalue weighted by Crippen LogP contribution is -2.06. The SMILES string of the molecule is CCCCCCCCCCCCCCCCOC(=O)c1ccc([131I])cc1. The van der Waals surface area contributed by atoms with Gasteiger partial charge in [0.05, 0.1) is 12.2 Å². The topological polar surface area (TPSA) is 26.3 Å². The van der Waals surface area contributed by atoms with Crippen LogP contribution in [0.4, 0.5) is 0 Å². The van der Waals surface area contributed by atoms with Crippen LogP contribution in [0.15, 0.2) is 24.3 Å². The molecule has 0 radical (unpaired) electrons. The summed E-state index contributed by atoms with van der Waals surface area (Å²) in [4.78, 5) is 11.9. The lowest BCUT2D eigenvalue weighted by molar-refractivity contribution is 0.0497. The molecule has 0 N–H and O–H groups in total. The largest absolute Gasteiger partial charge is 0.462 e. The Kier molecular flexibility index (Phi) is 15.0. The van der Waals surface area contributed by atoms with E-state index in [1.165, 1.54) is 77.0 Å². The average molecular weight is 476 g/mol. The summed E-state index contributed by atoms with van der Waals surface area (Å²) >= 11 is 2.23. The molecule has 0 saturated carbocycles. The second kappa shape index (κ2) is 16.6. The van der Waals surface area contributed by atoms with E-state index >= 15 is 0 Å². The van der Waals surface area contributed by atoms with E-state index < -0.39 is 0 Å². The van der Waals surface area contributed by atoms with Crippen LogP contribution < -0.4 is 0 Å². The van der Waals surface area contributed by atoms with E-state index in [4.69, 9.17) is 4.74 Å². The van der Waals surface area contributed by atoms with Crippen molar-refractivity contribution < 1.29 is 9.53 Å². The number of hydrogen-bond donors (Lipinski definition) is 0. The Bertz CT molecular complexity index is 456. The summed E-state index contributed by atoms with van der Waals surface area (Å²) < 4.78 is 6.46. The molecule has 3 heteroatoms. The van der Waals surface area contributed by atoms with Gasteiger partial charge in [0.2, 0.25) is 0 Å². The van der Waals surface area contributed by atoms with Crippen molar-refractivity contribution in [2.45, 2.75) is 96.8 Å². The zero-order valence-electron chi connectivity index (χ0n) is 16.6. The minimum Gasteiger partial charge on any atom is -0.462 e. The van der Waals surface area contributed by atoms with E-state index in [0.29, 0.717) is 12.2 Å². The molecule has 0 aliphatic rings. The van der Waals surface area contributed by atoms with Crippen LogP contribution in [0.5, 0.6) is 0 Å². The van der Waals surface area contributed by atoms with Gasteiger partial charge in [-0.2, -0.15) is 0 Å². The van der Waals surface area contributed by atoms with Crippen LogP contribution in [0.25, 0.3) is 0 Å². The van der Waals surface area contributed by atoms with Crippen molar-refractivity contribution >= 4 is 28.6 Å². The molecular formula is C23H37IO2. The summed E-state index contributed by atoms with van der Waals surface area (Å²) in [5, 5.41) is 0. The molecule has 0 aliphatic carbocycles. The first-order chi connectivity index (χ1) is 12.7. The van der Waals surface area contributed by atoms with Crippen LogP contribution in [0, 0.1) is 3.57 Å². The molecule has 0 aliphatic heterocycles. The Morgan fingerprint density at radius 2 is 1.15 bits per heavy atom. The van der Waals surface area contributed by atoms with Crippen molar-refractivity contribution in [1.29, 1.82) is 0 Å². The zero-order chi connectivity index (χ0) is 18.9. The van der Waals surface area contributed by atoms with Gasteiger partial charge in [-0.25, -0.2) is 4.79 Å². The number of esters is 1. The Morgan fingerprint density at radius 1 is 0.731 bits per heavy atom. The summed E-state index contributed by atoms with van der Waals surface area (Å²) in [5.74, 6) is -0.198. The first kappa shape index (κ1) is 23.5. The van der Waals surface area contributed by atoms with Gasteiger partial charge >= 0.3 is 5.97 Å². The van der Waals surface area contributed by atoms with Crippen molar-refractivity contribution in [3.8, 4) is 0 Å². The maximum atomic E-state index is 11.9. The van der Waals surface area contributed by atoms with Crippen LogP contribution in [0.1, 0.15) is 107 Å². The summed E-state index contributed by atoms with van der Waals surface area (Å²) in [5.41, 5.74) is 0.649. The Hall–Kier alpha value is -0.580. The van der Waals surface area contributed by atoms with Gasteiger partial charge in [0, 0.05) is 3.57 Å². The zero-order valence-corrected chi connectivity index (χ0v) is 18.8. The monoisotopic (exact) mass is 476 g/mol. The summed E-state index contributed by atoms with van der Waals surface area (Å²) in [6.07, 6.45) is 18.8. The number of unbranched alkanes of at least 4 members (excludes halogenated alkanes) is 13. The van der Waals surface area contributed by atoms with Gasteiger partial charge in [0.15, 0.2) is 0 Å². The van der Waals surface area contributed by atoms with E-state index in [1.807, 2.05) is 24.3 Å². The Morgan fingerprint density at radius 3 is 1.62 bits per heavy atom. The van der Waals surface area contributed by atoms with Gasteiger partial charge in [0.1, 0.15) is 0 Å². The van der Waals surface area contributed by atoms with Gasteiger partial charge in [0.25, 0.3) is 0 Å². The number of halogens is 1. The number of benzene rings is 1. The fourth-order valence-corrected chi connectivity index (χ4v) is 3.49. The molecule has 0 saturated heterocycles. The van der Waals surface area contributed by atoms with Crippen LogP contribution in [0.2, 0.25) is 0 Å². The summed E-state index contributed by atoms with van der Waals surface area (Å²) in [7, 11) is 0. The van der Waals surface area contributed by atoms with E-state index in [2.05, 4.69) is 29.5 Å². The lowest BCUT2D eigenvalue weighted by atomic mass is 10.0. The fourth-order valence-electron chi connectivity index (χ4n) is 3.13. The predicted octanol–water partition coefficient (Wildman–Crippen LogP) is 7.93. The third kappa shape index (κ3) is 12.7. The van der Waals surface area contributed by atoms with Crippen LogP contribution >= 0.6 is 22.6 Å². The Balaban J connectivity index is 1.82. The van der Waals surface area contributed by atoms with Crippen molar-refractivity contribution in [1.82, 2.24) is 0 Å². The molecule has 0 aromatic heterocycles. The molecular weight excluding hydrogens is 439 g/mol.